The highest BCUT2D eigenvalue weighted by Crippen LogP contribution is 2.06. The zero-order chi connectivity index (χ0) is 24.8. The van der Waals surface area contributed by atoms with Crippen LogP contribution in [0.4, 0.5) is 0 Å². The fourth-order valence-electron chi connectivity index (χ4n) is 2.41. The lowest BCUT2D eigenvalue weighted by Crippen LogP contribution is -2.08. The molecule has 0 atom stereocenters. The highest BCUT2D eigenvalue weighted by atomic mass is 16.1. The van der Waals surface area contributed by atoms with E-state index in [-0.39, 0.29) is 35.1 Å². The van der Waals surface area contributed by atoms with E-state index >= 15 is 0 Å². The lowest BCUT2D eigenvalue weighted by Gasteiger charge is -2.01. The van der Waals surface area contributed by atoms with Crippen LogP contribution in [0.5, 0.6) is 0 Å². The zero-order valence-corrected chi connectivity index (χ0v) is 20.1. The number of aromatic nitrogens is 4. The second kappa shape index (κ2) is 14.5. The van der Waals surface area contributed by atoms with Gasteiger partial charge in [0, 0.05) is 54.3 Å². The first kappa shape index (κ1) is 27.4. The Balaban J connectivity index is 0.000000247. The average molecular weight is 449 g/mol. The minimum absolute atomic E-state index is 0.0148. The van der Waals surface area contributed by atoms with Gasteiger partial charge in [-0.25, -0.2) is 9.97 Å². The third kappa shape index (κ3) is 10.0. The van der Waals surface area contributed by atoms with E-state index in [1.54, 1.807) is 42.9 Å². The molecular weight excluding hydrogens is 416 g/mol. The van der Waals surface area contributed by atoms with Crippen LogP contribution in [0.25, 0.3) is 0 Å². The van der Waals surface area contributed by atoms with E-state index in [1.165, 1.54) is 18.7 Å². The normalized spacial score (nSPS) is 10.1. The Morgan fingerprint density at radius 3 is 1.61 bits per heavy atom. The molecule has 33 heavy (non-hydrogen) atoms. The van der Waals surface area contributed by atoms with E-state index in [1.807, 2.05) is 47.6 Å². The van der Waals surface area contributed by atoms with Gasteiger partial charge in [-0.15, -0.1) is 0 Å². The van der Waals surface area contributed by atoms with Crippen LogP contribution in [0, 0.1) is 17.8 Å². The summed E-state index contributed by atoms with van der Waals surface area (Å²) in [6.45, 7) is 11.2. The molecule has 0 saturated carbocycles. The molecule has 0 bridgehead atoms. The summed E-state index contributed by atoms with van der Waals surface area (Å²) in [5.74, 6) is 0.444. The molecule has 7 nitrogen and oxygen atoms in total. The van der Waals surface area contributed by atoms with Gasteiger partial charge >= 0.3 is 0 Å². The van der Waals surface area contributed by atoms with E-state index in [9.17, 15) is 14.4 Å². The Morgan fingerprint density at radius 1 is 0.606 bits per heavy atom. The highest BCUT2D eigenvalue weighted by Gasteiger charge is 2.10. The molecule has 0 unspecified atom stereocenters. The van der Waals surface area contributed by atoms with Crippen molar-refractivity contribution < 1.29 is 14.4 Å². The van der Waals surface area contributed by atoms with Crippen LogP contribution in [0.15, 0.2) is 67.6 Å². The first-order chi connectivity index (χ1) is 15.6. The van der Waals surface area contributed by atoms with Crippen molar-refractivity contribution in [3.05, 3.63) is 84.5 Å². The minimum atomic E-state index is 0.0148. The first-order valence-corrected chi connectivity index (χ1v) is 10.8. The summed E-state index contributed by atoms with van der Waals surface area (Å²) in [5.41, 5.74) is 1.84. The Kier molecular flexibility index (Phi) is 12.0. The first-order valence-electron chi connectivity index (χ1n) is 10.8. The van der Waals surface area contributed by atoms with Crippen LogP contribution in [0.2, 0.25) is 0 Å². The van der Waals surface area contributed by atoms with Gasteiger partial charge in [-0.2, -0.15) is 0 Å². The molecule has 0 aliphatic carbocycles. The maximum Gasteiger partial charge on any atom is 0.183 e. The quantitative estimate of drug-likeness (QED) is 0.480. The maximum atomic E-state index is 11.3. The standard InChI is InChI=1S/2C9H11NO.C8H10N2O/c1-7(2)9(11)8-4-3-5-10-6-8;1-7(2)9(11)8-5-3-4-6-10-8;1-6(2)8(11)7-3-9-5-10-4-7/h2*3-7H,1-2H3;3-6H,1-2H3. The van der Waals surface area contributed by atoms with Gasteiger partial charge in [0.1, 0.15) is 12.0 Å². The Labute approximate surface area is 195 Å². The summed E-state index contributed by atoms with van der Waals surface area (Å²) in [6, 6.07) is 8.92. The van der Waals surface area contributed by atoms with Crippen molar-refractivity contribution in [3.63, 3.8) is 0 Å². The van der Waals surface area contributed by atoms with Crippen LogP contribution in [0.3, 0.4) is 0 Å². The summed E-state index contributed by atoms with van der Waals surface area (Å²) in [6.07, 6.45) is 9.39. The van der Waals surface area contributed by atoms with E-state index < -0.39 is 0 Å². The highest BCUT2D eigenvalue weighted by molar-refractivity contribution is 5.97. The molecule has 3 aromatic heterocycles. The van der Waals surface area contributed by atoms with Gasteiger partial charge in [0.15, 0.2) is 17.3 Å². The number of hydrogen-bond acceptors (Lipinski definition) is 7. The van der Waals surface area contributed by atoms with E-state index in [0.29, 0.717) is 16.8 Å². The topological polar surface area (TPSA) is 103 Å². The van der Waals surface area contributed by atoms with Gasteiger partial charge in [0.25, 0.3) is 0 Å². The van der Waals surface area contributed by atoms with Crippen LogP contribution in [0.1, 0.15) is 72.7 Å². The molecule has 174 valence electrons. The van der Waals surface area contributed by atoms with Crippen molar-refractivity contribution >= 4 is 17.3 Å². The SMILES string of the molecule is CC(C)C(=O)c1ccccn1.CC(C)C(=O)c1cccnc1.CC(C)C(=O)c1cncnc1. The van der Waals surface area contributed by atoms with Crippen molar-refractivity contribution in [2.45, 2.75) is 41.5 Å². The predicted molar refractivity (Wildman–Crippen MR) is 128 cm³/mol. The molecule has 7 heteroatoms. The van der Waals surface area contributed by atoms with Crippen molar-refractivity contribution in [1.82, 2.24) is 19.9 Å². The minimum Gasteiger partial charge on any atom is -0.294 e. The summed E-state index contributed by atoms with van der Waals surface area (Å²) in [7, 11) is 0. The van der Waals surface area contributed by atoms with E-state index in [4.69, 9.17) is 0 Å². The molecular formula is C26H32N4O3. The Bertz CT molecular complexity index is 858. The number of pyridine rings is 2. The van der Waals surface area contributed by atoms with Crippen molar-refractivity contribution in [2.24, 2.45) is 17.8 Å². The number of ketones is 3. The second-order valence-electron chi connectivity index (χ2n) is 8.14. The molecule has 0 spiro atoms. The molecule has 3 heterocycles. The van der Waals surface area contributed by atoms with Crippen molar-refractivity contribution in [3.8, 4) is 0 Å². The maximum absolute atomic E-state index is 11.3. The lowest BCUT2D eigenvalue weighted by molar-refractivity contribution is 0.0928. The van der Waals surface area contributed by atoms with Crippen LogP contribution < -0.4 is 0 Å². The fourth-order valence-corrected chi connectivity index (χ4v) is 2.41. The molecule has 0 N–H and O–H groups in total. The summed E-state index contributed by atoms with van der Waals surface area (Å²) in [5, 5.41) is 0. The number of carbonyl (C=O) groups excluding carboxylic acids is 3. The number of nitrogens with zero attached hydrogens (tertiary/aromatic N) is 4. The predicted octanol–water partition coefficient (Wildman–Crippen LogP) is 5.16. The van der Waals surface area contributed by atoms with Gasteiger partial charge in [-0.3, -0.25) is 24.4 Å². The number of carbonyl (C=O) groups is 3. The number of rotatable bonds is 6. The summed E-state index contributed by atoms with van der Waals surface area (Å²) >= 11 is 0. The molecule has 3 rings (SSSR count). The largest absolute Gasteiger partial charge is 0.294 e. The molecule has 0 saturated heterocycles. The molecule has 3 aromatic rings. The Morgan fingerprint density at radius 2 is 1.15 bits per heavy atom. The lowest BCUT2D eigenvalue weighted by atomic mass is 10.0. The van der Waals surface area contributed by atoms with Crippen LogP contribution >= 0.6 is 0 Å². The summed E-state index contributed by atoms with van der Waals surface area (Å²) < 4.78 is 0. The van der Waals surface area contributed by atoms with Crippen LogP contribution in [-0.2, 0) is 0 Å². The third-order valence-electron chi connectivity index (χ3n) is 4.28. The second-order valence-corrected chi connectivity index (χ2v) is 8.14. The van der Waals surface area contributed by atoms with Gasteiger partial charge in [-0.1, -0.05) is 47.6 Å². The van der Waals surface area contributed by atoms with Gasteiger partial charge in [0.2, 0.25) is 0 Å². The molecule has 0 fully saturated rings. The van der Waals surface area contributed by atoms with E-state index in [2.05, 4.69) is 19.9 Å². The number of hydrogen-bond donors (Lipinski definition) is 0. The molecule has 0 aliphatic rings. The summed E-state index contributed by atoms with van der Waals surface area (Å²) in [4.78, 5) is 49.2. The van der Waals surface area contributed by atoms with Crippen molar-refractivity contribution in [2.75, 3.05) is 0 Å². The number of Topliss-reactive ketones (excluding diaryl/α,β-unsaturated/α-hetero) is 3. The van der Waals surface area contributed by atoms with Gasteiger partial charge in [0.05, 0.1) is 5.56 Å². The zero-order valence-electron chi connectivity index (χ0n) is 20.1. The van der Waals surface area contributed by atoms with Crippen molar-refractivity contribution in [1.29, 1.82) is 0 Å². The van der Waals surface area contributed by atoms with Crippen LogP contribution in [-0.4, -0.2) is 37.3 Å². The third-order valence-corrected chi connectivity index (χ3v) is 4.28. The van der Waals surface area contributed by atoms with E-state index in [0.717, 1.165) is 0 Å². The monoisotopic (exact) mass is 448 g/mol. The van der Waals surface area contributed by atoms with Gasteiger partial charge < -0.3 is 0 Å². The average Bonchev–Trinajstić information content (AvgIpc) is 2.84. The molecule has 0 radical (unpaired) electrons. The molecule has 0 aliphatic heterocycles. The Hall–Kier alpha value is -3.61. The smallest absolute Gasteiger partial charge is 0.183 e. The fraction of sp³-hybridized carbons (Fsp3) is 0.346. The molecule has 0 amide bonds. The molecule has 0 aromatic carbocycles. The van der Waals surface area contributed by atoms with Gasteiger partial charge in [-0.05, 0) is 24.3 Å².